The van der Waals surface area contributed by atoms with Gasteiger partial charge in [0.05, 0.1) is 0 Å². The second-order valence-electron chi connectivity index (χ2n) is 3.30. The Morgan fingerprint density at radius 3 is 2.94 bits per heavy atom. The molecule has 0 aliphatic rings. The monoisotopic (exact) mass is 222 g/mol. The van der Waals surface area contributed by atoms with Gasteiger partial charge in [-0.25, -0.2) is 4.39 Å². The molecule has 0 aliphatic carbocycles. The van der Waals surface area contributed by atoms with Crippen molar-refractivity contribution in [3.63, 3.8) is 0 Å². The van der Waals surface area contributed by atoms with Gasteiger partial charge in [0, 0.05) is 24.3 Å². The van der Waals surface area contributed by atoms with Crippen LogP contribution in [0.3, 0.4) is 0 Å². The molecular formula is C10H11FN4O. The lowest BCUT2D eigenvalue weighted by molar-refractivity contribution is 0.410. The van der Waals surface area contributed by atoms with Crippen LogP contribution in [0.4, 0.5) is 15.8 Å². The van der Waals surface area contributed by atoms with Crippen LogP contribution in [-0.4, -0.2) is 16.7 Å². The first-order valence-electron chi connectivity index (χ1n) is 4.79. The molecule has 1 aromatic carbocycles. The zero-order valence-electron chi connectivity index (χ0n) is 8.48. The molecule has 2 aromatic rings. The molecule has 16 heavy (non-hydrogen) atoms. The largest absolute Gasteiger partial charge is 0.399 e. The number of nitrogens with zero attached hydrogens (tertiary/aromatic N) is 2. The van der Waals surface area contributed by atoms with Gasteiger partial charge in [0.2, 0.25) is 6.39 Å². The van der Waals surface area contributed by atoms with E-state index in [1.807, 2.05) is 0 Å². The van der Waals surface area contributed by atoms with Gasteiger partial charge in [-0.1, -0.05) is 5.16 Å². The number of hydrogen-bond donors (Lipinski definition) is 2. The molecule has 5 nitrogen and oxygen atoms in total. The van der Waals surface area contributed by atoms with E-state index >= 15 is 0 Å². The minimum Gasteiger partial charge on any atom is -0.399 e. The normalized spacial score (nSPS) is 10.3. The third kappa shape index (κ3) is 2.69. The minimum atomic E-state index is -0.359. The highest BCUT2D eigenvalue weighted by molar-refractivity contribution is 5.54. The van der Waals surface area contributed by atoms with E-state index in [-0.39, 0.29) is 5.82 Å². The first-order valence-corrected chi connectivity index (χ1v) is 4.79. The van der Waals surface area contributed by atoms with Crippen molar-refractivity contribution >= 4 is 11.4 Å². The Hall–Kier alpha value is -2.11. The van der Waals surface area contributed by atoms with Gasteiger partial charge in [-0.15, -0.1) is 0 Å². The lowest BCUT2D eigenvalue weighted by Crippen LogP contribution is -2.06. The van der Waals surface area contributed by atoms with Crippen molar-refractivity contribution in [2.24, 2.45) is 0 Å². The van der Waals surface area contributed by atoms with Gasteiger partial charge in [-0.05, 0) is 18.2 Å². The number of rotatable bonds is 4. The lowest BCUT2D eigenvalue weighted by Gasteiger charge is -2.05. The summed E-state index contributed by atoms with van der Waals surface area (Å²) in [7, 11) is 0. The summed E-state index contributed by atoms with van der Waals surface area (Å²) in [5, 5.41) is 6.68. The Bertz CT molecular complexity index is 438. The molecule has 2 rings (SSSR count). The van der Waals surface area contributed by atoms with Gasteiger partial charge in [-0.3, -0.25) is 0 Å². The van der Waals surface area contributed by atoms with Crippen molar-refractivity contribution < 1.29 is 8.91 Å². The van der Waals surface area contributed by atoms with E-state index in [0.29, 0.717) is 30.2 Å². The van der Waals surface area contributed by atoms with E-state index in [9.17, 15) is 4.39 Å². The quantitative estimate of drug-likeness (QED) is 0.765. The first-order chi connectivity index (χ1) is 7.74. The van der Waals surface area contributed by atoms with E-state index in [4.69, 9.17) is 5.73 Å². The maximum Gasteiger partial charge on any atom is 0.213 e. The van der Waals surface area contributed by atoms with Crippen LogP contribution in [0, 0.1) is 5.82 Å². The number of benzene rings is 1. The molecule has 0 unspecified atom stereocenters. The zero-order chi connectivity index (χ0) is 11.4. The fourth-order valence-electron chi connectivity index (χ4n) is 1.34. The Kier molecular flexibility index (Phi) is 3.00. The van der Waals surface area contributed by atoms with Gasteiger partial charge in [0.1, 0.15) is 5.82 Å². The summed E-state index contributed by atoms with van der Waals surface area (Å²) >= 11 is 0. The predicted octanol–water partition coefficient (Wildman–Crippen LogP) is 1.45. The van der Waals surface area contributed by atoms with Crippen molar-refractivity contribution in [2.75, 3.05) is 17.6 Å². The van der Waals surface area contributed by atoms with Crippen LogP contribution in [0.25, 0.3) is 0 Å². The Labute approximate surface area is 91.5 Å². The molecule has 0 aliphatic heterocycles. The molecule has 6 heteroatoms. The van der Waals surface area contributed by atoms with Gasteiger partial charge >= 0.3 is 0 Å². The molecule has 1 heterocycles. The number of nitrogens with two attached hydrogens (primary N) is 1. The number of halogens is 1. The van der Waals surface area contributed by atoms with Gasteiger partial charge in [0.25, 0.3) is 0 Å². The van der Waals surface area contributed by atoms with E-state index in [0.717, 1.165) is 0 Å². The van der Waals surface area contributed by atoms with Gasteiger partial charge in [-0.2, -0.15) is 4.98 Å². The molecule has 0 bridgehead atoms. The van der Waals surface area contributed by atoms with Crippen LogP contribution in [0.2, 0.25) is 0 Å². The second-order valence-corrected chi connectivity index (χ2v) is 3.30. The summed E-state index contributed by atoms with van der Waals surface area (Å²) in [6.45, 7) is 0.586. The zero-order valence-corrected chi connectivity index (χ0v) is 8.48. The standard InChI is InChI=1S/C10H11FN4O/c11-7-3-8(12)5-9(4-7)13-2-1-10-14-6-16-15-10/h3-6,13H,1-2,12H2. The summed E-state index contributed by atoms with van der Waals surface area (Å²) in [6, 6.07) is 4.32. The highest BCUT2D eigenvalue weighted by Gasteiger charge is 2.00. The van der Waals surface area contributed by atoms with Crippen LogP contribution in [0.1, 0.15) is 5.82 Å². The van der Waals surface area contributed by atoms with E-state index < -0.39 is 0 Å². The summed E-state index contributed by atoms with van der Waals surface area (Å²) in [5.41, 5.74) is 6.54. The van der Waals surface area contributed by atoms with Crippen LogP contribution in [-0.2, 0) is 6.42 Å². The topological polar surface area (TPSA) is 77.0 Å². The summed E-state index contributed by atoms with van der Waals surface area (Å²) < 4.78 is 17.6. The van der Waals surface area contributed by atoms with Crippen LogP contribution < -0.4 is 11.1 Å². The third-order valence-corrected chi connectivity index (χ3v) is 2.00. The van der Waals surface area contributed by atoms with Crippen molar-refractivity contribution in [3.8, 4) is 0 Å². The molecule has 0 atom stereocenters. The number of hydrogen-bond acceptors (Lipinski definition) is 5. The lowest BCUT2D eigenvalue weighted by atomic mass is 10.2. The van der Waals surface area contributed by atoms with Crippen molar-refractivity contribution in [2.45, 2.75) is 6.42 Å². The average Bonchev–Trinajstić information content (AvgIpc) is 2.69. The fourth-order valence-corrected chi connectivity index (χ4v) is 1.34. The summed E-state index contributed by atoms with van der Waals surface area (Å²) in [6.07, 6.45) is 1.88. The molecule has 0 saturated heterocycles. The number of aromatic nitrogens is 2. The van der Waals surface area contributed by atoms with Crippen LogP contribution in [0.5, 0.6) is 0 Å². The number of anilines is 2. The third-order valence-electron chi connectivity index (χ3n) is 2.00. The van der Waals surface area contributed by atoms with Crippen LogP contribution in [0.15, 0.2) is 29.1 Å². The average molecular weight is 222 g/mol. The second kappa shape index (κ2) is 4.61. The Balaban J connectivity index is 1.89. The SMILES string of the molecule is Nc1cc(F)cc(NCCc2ncon2)c1. The van der Waals surface area contributed by atoms with Crippen molar-refractivity contribution in [1.29, 1.82) is 0 Å². The molecule has 0 saturated carbocycles. The molecule has 0 amide bonds. The first kappa shape index (κ1) is 10.4. The van der Waals surface area contributed by atoms with Crippen molar-refractivity contribution in [3.05, 3.63) is 36.2 Å². The molecule has 1 aromatic heterocycles. The Morgan fingerprint density at radius 2 is 2.25 bits per heavy atom. The molecule has 0 radical (unpaired) electrons. The molecule has 0 fully saturated rings. The van der Waals surface area contributed by atoms with E-state index in [1.54, 1.807) is 6.07 Å². The minimum absolute atomic E-state index is 0.359. The van der Waals surface area contributed by atoms with Crippen molar-refractivity contribution in [1.82, 2.24) is 10.1 Å². The van der Waals surface area contributed by atoms with Gasteiger partial charge in [0.15, 0.2) is 5.82 Å². The number of nitrogen functional groups attached to an aromatic ring is 1. The summed E-state index contributed by atoms with van der Waals surface area (Å²) in [5.74, 6) is 0.249. The molecule has 3 N–H and O–H groups in total. The highest BCUT2D eigenvalue weighted by Crippen LogP contribution is 2.15. The van der Waals surface area contributed by atoms with Gasteiger partial charge < -0.3 is 15.6 Å². The Morgan fingerprint density at radius 1 is 1.38 bits per heavy atom. The number of nitrogens with one attached hydrogen (secondary N) is 1. The van der Waals surface area contributed by atoms with Crippen LogP contribution >= 0.6 is 0 Å². The highest BCUT2D eigenvalue weighted by atomic mass is 19.1. The van der Waals surface area contributed by atoms with E-state index in [1.165, 1.54) is 18.5 Å². The molecular weight excluding hydrogens is 211 g/mol. The van der Waals surface area contributed by atoms with E-state index in [2.05, 4.69) is 20.0 Å². The predicted molar refractivity (Wildman–Crippen MR) is 57.3 cm³/mol. The fraction of sp³-hybridized carbons (Fsp3) is 0.200. The maximum atomic E-state index is 13.0. The maximum absolute atomic E-state index is 13.0. The molecule has 0 spiro atoms. The smallest absolute Gasteiger partial charge is 0.213 e. The molecule has 84 valence electrons. The summed E-state index contributed by atoms with van der Waals surface area (Å²) in [4.78, 5) is 3.87.